The molecule has 120 valence electrons. The van der Waals surface area contributed by atoms with Crippen molar-refractivity contribution in [3.05, 3.63) is 40.9 Å². The number of carbonyl (C=O) groups is 4. The van der Waals surface area contributed by atoms with Crippen molar-refractivity contribution < 1.29 is 34.2 Å². The molecule has 9 heteroatoms. The molecular weight excluding hydrogens is 306 g/mol. The number of aliphatic carboxylic acids is 1. The largest absolute Gasteiger partial charge is 0.480 e. The summed E-state index contributed by atoms with van der Waals surface area (Å²) in [5.41, 5.74) is 7.74. The van der Waals surface area contributed by atoms with Crippen LogP contribution in [0.4, 0.5) is 0 Å². The third-order valence-electron chi connectivity index (χ3n) is 2.89. The molecule has 0 spiro atoms. The number of amides is 1. The quantitative estimate of drug-likeness (QED) is 0.353. The Balaban J connectivity index is 2.87. The lowest BCUT2D eigenvalue weighted by molar-refractivity contribution is -0.139. The number of nitrogens with zero attached hydrogens (tertiary/aromatic N) is 2. The van der Waals surface area contributed by atoms with Gasteiger partial charge in [-0.05, 0) is 18.6 Å². The van der Waals surface area contributed by atoms with Gasteiger partial charge in [0.05, 0.1) is 11.1 Å². The van der Waals surface area contributed by atoms with Crippen molar-refractivity contribution in [2.75, 3.05) is 0 Å². The second-order valence-corrected chi connectivity index (χ2v) is 4.46. The van der Waals surface area contributed by atoms with Crippen molar-refractivity contribution in [3.8, 4) is 0 Å². The molecule has 0 fully saturated rings. The Labute approximate surface area is 130 Å². The number of aromatic carboxylic acids is 1. The van der Waals surface area contributed by atoms with Crippen LogP contribution in [0.3, 0.4) is 0 Å². The Morgan fingerprint density at radius 2 is 1.78 bits per heavy atom. The predicted octanol–water partition coefficient (Wildman–Crippen LogP) is 0.218. The summed E-state index contributed by atoms with van der Waals surface area (Å²) >= 11 is 0. The molecule has 1 aromatic rings. The van der Waals surface area contributed by atoms with E-state index < -0.39 is 29.7 Å². The number of Topliss-reactive ketones (excluding diaryl/α,β-unsaturated/α-hetero) is 1. The van der Waals surface area contributed by atoms with Crippen LogP contribution in [0.1, 0.15) is 33.6 Å². The lowest BCUT2D eigenvalue weighted by Crippen LogP contribution is -2.41. The maximum atomic E-state index is 12.1. The van der Waals surface area contributed by atoms with Gasteiger partial charge >= 0.3 is 18.2 Å². The fourth-order valence-corrected chi connectivity index (χ4v) is 1.78. The van der Waals surface area contributed by atoms with Gasteiger partial charge in [-0.3, -0.25) is 9.59 Å². The zero-order chi connectivity index (χ0) is 17.4. The van der Waals surface area contributed by atoms with Crippen molar-refractivity contribution in [3.63, 3.8) is 0 Å². The first-order valence-corrected chi connectivity index (χ1v) is 6.43. The van der Waals surface area contributed by atoms with Crippen molar-refractivity contribution >= 4 is 29.8 Å². The van der Waals surface area contributed by atoms with Gasteiger partial charge in [0.15, 0.2) is 0 Å². The molecule has 0 unspecified atom stereocenters. The van der Waals surface area contributed by atoms with E-state index in [-0.39, 0.29) is 24.0 Å². The summed E-state index contributed by atoms with van der Waals surface area (Å²) in [5.74, 6) is -4.19. The maximum Gasteiger partial charge on any atom is 0.336 e. The van der Waals surface area contributed by atoms with Crippen LogP contribution >= 0.6 is 0 Å². The van der Waals surface area contributed by atoms with E-state index in [0.29, 0.717) is 6.21 Å². The van der Waals surface area contributed by atoms with E-state index in [1.165, 1.54) is 24.3 Å². The van der Waals surface area contributed by atoms with Gasteiger partial charge in [0.1, 0.15) is 6.04 Å². The summed E-state index contributed by atoms with van der Waals surface area (Å²) in [6.45, 7) is 0. The minimum atomic E-state index is -1.39. The molecule has 0 aliphatic heterocycles. The smallest absolute Gasteiger partial charge is 0.336 e. The summed E-state index contributed by atoms with van der Waals surface area (Å²) in [6.07, 6.45) is 0.128. The zero-order valence-electron chi connectivity index (χ0n) is 11.8. The molecule has 3 N–H and O–H groups in total. The lowest BCUT2D eigenvalue weighted by Gasteiger charge is -2.14. The third-order valence-corrected chi connectivity index (χ3v) is 2.89. The number of benzene rings is 1. The monoisotopic (exact) mass is 319 g/mol. The second kappa shape index (κ2) is 8.20. The first-order chi connectivity index (χ1) is 10.9. The van der Waals surface area contributed by atoms with E-state index in [0.717, 1.165) is 0 Å². The van der Waals surface area contributed by atoms with Crippen molar-refractivity contribution in [2.45, 2.75) is 18.9 Å². The Morgan fingerprint density at radius 1 is 1.17 bits per heavy atom. The molecular formula is C14H13N3O6. The Hall–Kier alpha value is -3.32. The molecule has 0 radical (unpaired) electrons. The molecule has 1 rings (SSSR count). The summed E-state index contributed by atoms with van der Waals surface area (Å²) in [6, 6.07) is 3.95. The van der Waals surface area contributed by atoms with Gasteiger partial charge in [0, 0.05) is 6.42 Å². The van der Waals surface area contributed by atoms with Crippen LogP contribution in [-0.2, 0) is 9.59 Å². The average Bonchev–Trinajstić information content (AvgIpc) is 2.51. The third kappa shape index (κ3) is 5.18. The molecule has 0 aliphatic rings. The van der Waals surface area contributed by atoms with Crippen molar-refractivity contribution in [1.29, 1.82) is 0 Å². The predicted molar refractivity (Wildman–Crippen MR) is 76.2 cm³/mol. The second-order valence-electron chi connectivity index (χ2n) is 4.46. The van der Waals surface area contributed by atoms with Gasteiger partial charge in [0.25, 0.3) is 5.91 Å². The number of ketones is 1. The van der Waals surface area contributed by atoms with Crippen molar-refractivity contribution in [2.24, 2.45) is 0 Å². The molecule has 1 atom stereocenters. The normalized spacial score (nSPS) is 11.0. The molecule has 0 aromatic heterocycles. The number of carboxylic acid groups (broad SMARTS) is 2. The van der Waals surface area contributed by atoms with Gasteiger partial charge in [-0.1, -0.05) is 12.1 Å². The number of carbonyl (C=O) groups excluding carboxylic acids is 2. The van der Waals surface area contributed by atoms with E-state index in [4.69, 9.17) is 15.7 Å². The van der Waals surface area contributed by atoms with E-state index in [9.17, 15) is 19.2 Å². The SMILES string of the molecule is [N-]=[N+]=CC(=O)CC[C@H](NC(=O)c1ccccc1C(=O)O)C(=O)O. The summed E-state index contributed by atoms with van der Waals surface area (Å²) < 4.78 is 0. The first-order valence-electron chi connectivity index (χ1n) is 6.43. The zero-order valence-corrected chi connectivity index (χ0v) is 11.8. The van der Waals surface area contributed by atoms with E-state index in [1.807, 2.05) is 0 Å². The average molecular weight is 319 g/mol. The highest BCUT2D eigenvalue weighted by Crippen LogP contribution is 2.10. The van der Waals surface area contributed by atoms with Crippen LogP contribution in [0.2, 0.25) is 0 Å². The fraction of sp³-hybridized carbons (Fsp3) is 0.214. The van der Waals surface area contributed by atoms with Crippen LogP contribution in [0.5, 0.6) is 0 Å². The van der Waals surface area contributed by atoms with Crippen molar-refractivity contribution in [1.82, 2.24) is 5.32 Å². The topological polar surface area (TPSA) is 157 Å². The number of hydrogen-bond donors (Lipinski definition) is 3. The molecule has 23 heavy (non-hydrogen) atoms. The first kappa shape index (κ1) is 17.7. The standard InChI is InChI=1S/C14H13N3O6/c15-16-7-8(18)5-6-11(14(22)23)17-12(19)9-3-1-2-4-10(9)13(20)21/h1-4,7,11H,5-6H2,(H,17,19)(H,20,21)(H,22,23)/t11-/m0/s1. The highest BCUT2D eigenvalue weighted by molar-refractivity contribution is 6.25. The van der Waals surface area contributed by atoms with Crippen LogP contribution in [0, 0.1) is 0 Å². The van der Waals surface area contributed by atoms with Crippen LogP contribution < -0.4 is 5.32 Å². The number of nitrogens with one attached hydrogen (secondary N) is 1. The van der Waals surface area contributed by atoms with Gasteiger partial charge < -0.3 is 21.1 Å². The number of carboxylic acids is 2. The molecule has 0 heterocycles. The molecule has 1 amide bonds. The van der Waals surface area contributed by atoms with Crippen LogP contribution in [0.15, 0.2) is 24.3 Å². The minimum Gasteiger partial charge on any atom is -0.480 e. The Morgan fingerprint density at radius 3 is 2.30 bits per heavy atom. The molecule has 1 aromatic carbocycles. The lowest BCUT2D eigenvalue weighted by atomic mass is 10.1. The molecule has 0 saturated heterocycles. The molecule has 0 saturated carbocycles. The highest BCUT2D eigenvalue weighted by atomic mass is 16.4. The van der Waals surface area contributed by atoms with E-state index in [2.05, 4.69) is 10.1 Å². The molecule has 0 aliphatic carbocycles. The Bertz CT molecular complexity index is 694. The number of rotatable bonds is 8. The van der Waals surface area contributed by atoms with Gasteiger partial charge in [-0.25, -0.2) is 9.59 Å². The minimum absolute atomic E-state index is 0.186. The molecule has 9 nitrogen and oxygen atoms in total. The summed E-state index contributed by atoms with van der Waals surface area (Å²) in [5, 5.41) is 20.2. The maximum absolute atomic E-state index is 12.1. The summed E-state index contributed by atoms with van der Waals surface area (Å²) in [4.78, 5) is 47.9. The van der Waals surface area contributed by atoms with Crippen LogP contribution in [-0.4, -0.2) is 50.9 Å². The van der Waals surface area contributed by atoms with Gasteiger partial charge in [-0.15, -0.1) is 0 Å². The van der Waals surface area contributed by atoms with Crippen LogP contribution in [0.25, 0.3) is 5.53 Å². The van der Waals surface area contributed by atoms with E-state index in [1.54, 1.807) is 0 Å². The fourth-order valence-electron chi connectivity index (χ4n) is 1.78. The van der Waals surface area contributed by atoms with Gasteiger partial charge in [-0.2, -0.15) is 4.79 Å². The molecule has 0 bridgehead atoms. The Kier molecular flexibility index (Phi) is 6.32. The highest BCUT2D eigenvalue weighted by Gasteiger charge is 2.24. The number of hydrogen-bond acceptors (Lipinski definition) is 4. The van der Waals surface area contributed by atoms with Gasteiger partial charge in [0.2, 0.25) is 5.78 Å². The van der Waals surface area contributed by atoms with E-state index >= 15 is 0 Å². The summed E-state index contributed by atoms with van der Waals surface area (Å²) in [7, 11) is 0.